The number of benzene rings is 3. The molecule has 168 valence electrons. The first-order valence-corrected chi connectivity index (χ1v) is 11.2. The highest BCUT2D eigenvalue weighted by atomic mass is 16.5. The van der Waals surface area contributed by atoms with Crippen molar-refractivity contribution >= 4 is 23.1 Å². The minimum absolute atomic E-state index is 0.220. The Balaban J connectivity index is 1.74. The summed E-state index contributed by atoms with van der Waals surface area (Å²) in [6.07, 6.45) is 0.904. The highest BCUT2D eigenvalue weighted by Crippen LogP contribution is 2.34. The summed E-state index contributed by atoms with van der Waals surface area (Å²) in [6.45, 7) is 6.85. The quantitative estimate of drug-likeness (QED) is 0.471. The molecule has 4 rings (SSSR count). The maximum absolute atomic E-state index is 13.5. The van der Waals surface area contributed by atoms with E-state index in [1.54, 1.807) is 0 Å². The topological polar surface area (TPSA) is 58.6 Å². The molecule has 0 atom stereocenters. The van der Waals surface area contributed by atoms with Crippen LogP contribution in [0.25, 0.3) is 5.57 Å². The number of nitrogens with zero attached hydrogens (tertiary/aromatic N) is 1. The molecule has 0 saturated carbocycles. The molecule has 0 fully saturated rings. The van der Waals surface area contributed by atoms with Crippen LogP contribution in [0.3, 0.4) is 0 Å². The van der Waals surface area contributed by atoms with Crippen LogP contribution >= 0.6 is 0 Å². The van der Waals surface area contributed by atoms with E-state index in [0.717, 1.165) is 28.7 Å². The molecule has 1 heterocycles. The summed E-state index contributed by atoms with van der Waals surface area (Å²) in [6, 6.07) is 22.9. The Hall–Kier alpha value is -3.86. The van der Waals surface area contributed by atoms with Crippen LogP contribution in [-0.4, -0.2) is 23.3 Å². The summed E-state index contributed by atoms with van der Waals surface area (Å²) in [5.74, 6) is 0.0869. The van der Waals surface area contributed by atoms with Crippen LogP contribution in [0.4, 0.5) is 5.69 Å². The molecule has 0 unspecified atom stereocenters. The van der Waals surface area contributed by atoms with Crippen molar-refractivity contribution in [2.45, 2.75) is 33.7 Å². The molecular formula is C28H28N2O3. The van der Waals surface area contributed by atoms with Gasteiger partial charge in [-0.2, -0.15) is 0 Å². The molecular weight excluding hydrogens is 412 g/mol. The average Bonchev–Trinajstić information content (AvgIpc) is 3.03. The van der Waals surface area contributed by atoms with Crippen LogP contribution in [-0.2, 0) is 16.1 Å². The molecule has 33 heavy (non-hydrogen) atoms. The van der Waals surface area contributed by atoms with Crippen molar-refractivity contribution in [2.75, 3.05) is 11.9 Å². The Morgan fingerprint density at radius 1 is 0.879 bits per heavy atom. The Labute approximate surface area is 194 Å². The van der Waals surface area contributed by atoms with Gasteiger partial charge < -0.3 is 10.1 Å². The van der Waals surface area contributed by atoms with E-state index in [9.17, 15) is 9.59 Å². The van der Waals surface area contributed by atoms with Gasteiger partial charge in [0.05, 0.1) is 18.7 Å². The first-order chi connectivity index (χ1) is 16.0. The lowest BCUT2D eigenvalue weighted by molar-refractivity contribution is -0.137. The third-order valence-electron chi connectivity index (χ3n) is 5.58. The minimum atomic E-state index is -0.335. The fourth-order valence-corrected chi connectivity index (χ4v) is 3.97. The largest absolute Gasteiger partial charge is 0.494 e. The number of aryl methyl sites for hydroxylation is 2. The van der Waals surface area contributed by atoms with E-state index in [0.29, 0.717) is 23.6 Å². The SMILES string of the molecule is CCCOc1cccc(NC2=C(c3ccc(C)cc3C)C(=O)N(Cc3ccccc3)C2=O)c1. The number of amides is 2. The second-order valence-corrected chi connectivity index (χ2v) is 8.25. The highest BCUT2D eigenvalue weighted by Gasteiger charge is 2.39. The van der Waals surface area contributed by atoms with Crippen molar-refractivity contribution in [3.8, 4) is 5.75 Å². The summed E-state index contributed by atoms with van der Waals surface area (Å²) in [5, 5.41) is 3.23. The number of carbonyl (C=O) groups excluding carboxylic acids is 2. The molecule has 3 aromatic carbocycles. The fraction of sp³-hybridized carbons (Fsp3) is 0.214. The van der Waals surface area contributed by atoms with E-state index in [4.69, 9.17) is 4.74 Å². The second-order valence-electron chi connectivity index (χ2n) is 8.25. The van der Waals surface area contributed by atoms with E-state index in [2.05, 4.69) is 5.32 Å². The van der Waals surface area contributed by atoms with Gasteiger partial charge in [-0.15, -0.1) is 0 Å². The van der Waals surface area contributed by atoms with Gasteiger partial charge >= 0.3 is 0 Å². The van der Waals surface area contributed by atoms with Crippen molar-refractivity contribution in [3.63, 3.8) is 0 Å². The van der Waals surface area contributed by atoms with Crippen LogP contribution < -0.4 is 10.1 Å². The normalized spacial score (nSPS) is 13.6. The molecule has 0 radical (unpaired) electrons. The smallest absolute Gasteiger partial charge is 0.278 e. The van der Waals surface area contributed by atoms with E-state index in [1.165, 1.54) is 4.90 Å². The number of hydrogen-bond acceptors (Lipinski definition) is 4. The van der Waals surface area contributed by atoms with Crippen LogP contribution in [0.2, 0.25) is 0 Å². The molecule has 5 nitrogen and oxygen atoms in total. The summed E-state index contributed by atoms with van der Waals surface area (Å²) in [7, 11) is 0. The number of nitrogens with one attached hydrogen (secondary N) is 1. The third-order valence-corrected chi connectivity index (χ3v) is 5.58. The Kier molecular flexibility index (Phi) is 6.59. The Morgan fingerprint density at radius 3 is 2.39 bits per heavy atom. The minimum Gasteiger partial charge on any atom is -0.494 e. The van der Waals surface area contributed by atoms with Crippen LogP contribution in [0.1, 0.15) is 35.6 Å². The molecule has 1 aliphatic rings. The van der Waals surface area contributed by atoms with Gasteiger partial charge in [-0.05, 0) is 49.1 Å². The molecule has 2 amide bonds. The summed E-state index contributed by atoms with van der Waals surface area (Å²) in [5.41, 5.74) is 5.09. The van der Waals surface area contributed by atoms with Gasteiger partial charge in [0.25, 0.3) is 11.8 Å². The molecule has 3 aromatic rings. The van der Waals surface area contributed by atoms with Crippen molar-refractivity contribution in [3.05, 3.63) is 101 Å². The van der Waals surface area contributed by atoms with Gasteiger partial charge in [0.15, 0.2) is 0 Å². The average molecular weight is 441 g/mol. The molecule has 1 aliphatic heterocycles. The van der Waals surface area contributed by atoms with Crippen LogP contribution in [0, 0.1) is 13.8 Å². The van der Waals surface area contributed by atoms with E-state index in [-0.39, 0.29) is 24.1 Å². The molecule has 0 bridgehead atoms. The number of rotatable bonds is 8. The molecule has 0 spiro atoms. The zero-order chi connectivity index (χ0) is 23.4. The van der Waals surface area contributed by atoms with Gasteiger partial charge in [-0.3, -0.25) is 14.5 Å². The van der Waals surface area contributed by atoms with Crippen molar-refractivity contribution in [1.82, 2.24) is 4.90 Å². The summed E-state index contributed by atoms with van der Waals surface area (Å²) >= 11 is 0. The van der Waals surface area contributed by atoms with Crippen molar-refractivity contribution in [2.24, 2.45) is 0 Å². The lowest BCUT2D eigenvalue weighted by Crippen LogP contribution is -2.32. The number of anilines is 1. The number of imide groups is 1. The first kappa shape index (κ1) is 22.3. The summed E-state index contributed by atoms with van der Waals surface area (Å²) in [4.78, 5) is 28.4. The van der Waals surface area contributed by atoms with Crippen molar-refractivity contribution in [1.29, 1.82) is 0 Å². The monoisotopic (exact) mass is 440 g/mol. The van der Waals surface area contributed by atoms with E-state index in [1.807, 2.05) is 93.6 Å². The summed E-state index contributed by atoms with van der Waals surface area (Å²) < 4.78 is 5.73. The third kappa shape index (κ3) is 4.82. The maximum atomic E-state index is 13.5. The zero-order valence-corrected chi connectivity index (χ0v) is 19.2. The first-order valence-electron chi connectivity index (χ1n) is 11.2. The molecule has 1 N–H and O–H groups in total. The van der Waals surface area contributed by atoms with Gasteiger partial charge in [-0.25, -0.2) is 0 Å². The van der Waals surface area contributed by atoms with Gasteiger partial charge in [0, 0.05) is 11.8 Å². The standard InChI is InChI=1S/C28H28N2O3/c1-4-15-33-23-12-8-11-22(17-23)29-26-25(24-14-13-19(2)16-20(24)3)27(31)30(28(26)32)18-21-9-6-5-7-10-21/h5-14,16-17,29H,4,15,18H2,1-3H3. The van der Waals surface area contributed by atoms with Gasteiger partial charge in [-0.1, -0.05) is 67.1 Å². The number of carbonyl (C=O) groups is 2. The second kappa shape index (κ2) is 9.74. The lowest BCUT2D eigenvalue weighted by Gasteiger charge is -2.15. The predicted molar refractivity (Wildman–Crippen MR) is 131 cm³/mol. The van der Waals surface area contributed by atoms with E-state index < -0.39 is 0 Å². The van der Waals surface area contributed by atoms with Crippen molar-refractivity contribution < 1.29 is 14.3 Å². The lowest BCUT2D eigenvalue weighted by atomic mass is 9.97. The fourth-order valence-electron chi connectivity index (χ4n) is 3.97. The van der Waals surface area contributed by atoms with Gasteiger partial charge in [0.1, 0.15) is 11.4 Å². The Morgan fingerprint density at radius 2 is 1.67 bits per heavy atom. The molecule has 0 saturated heterocycles. The number of ether oxygens (including phenoxy) is 1. The number of hydrogen-bond donors (Lipinski definition) is 1. The molecule has 5 heteroatoms. The Bertz CT molecular complexity index is 1210. The highest BCUT2D eigenvalue weighted by molar-refractivity contribution is 6.36. The van der Waals surface area contributed by atoms with E-state index >= 15 is 0 Å². The maximum Gasteiger partial charge on any atom is 0.278 e. The molecule has 0 aliphatic carbocycles. The predicted octanol–water partition coefficient (Wildman–Crippen LogP) is 5.48. The van der Waals surface area contributed by atoms with Gasteiger partial charge in [0.2, 0.25) is 0 Å². The van der Waals surface area contributed by atoms with Crippen LogP contribution in [0.5, 0.6) is 5.75 Å². The zero-order valence-electron chi connectivity index (χ0n) is 19.2. The molecule has 0 aromatic heterocycles. The van der Waals surface area contributed by atoms with Crippen LogP contribution in [0.15, 0.2) is 78.5 Å².